The molecular weight excluding hydrogens is 300 g/mol. The number of fused-ring (bicyclic) bond motifs is 3. The van der Waals surface area contributed by atoms with Crippen LogP contribution in [0.5, 0.6) is 0 Å². The van der Waals surface area contributed by atoms with E-state index >= 15 is 0 Å². The third-order valence-electron chi connectivity index (χ3n) is 4.16. The number of rotatable bonds is 5. The van der Waals surface area contributed by atoms with Crippen molar-refractivity contribution in [2.45, 2.75) is 5.41 Å². The molecule has 0 spiro atoms. The molecule has 0 atom stereocenters. The third-order valence-corrected chi connectivity index (χ3v) is 4.16. The third kappa shape index (κ3) is 2.16. The number of carbonyl (C=O) groups excluding carboxylic acids is 1. The summed E-state index contributed by atoms with van der Waals surface area (Å²) in [4.78, 5) is 23.5. The minimum absolute atomic E-state index is 0.0368. The van der Waals surface area contributed by atoms with Crippen molar-refractivity contribution in [3.05, 3.63) is 46.0 Å². The van der Waals surface area contributed by atoms with Crippen molar-refractivity contribution in [3.8, 4) is 0 Å². The minimum atomic E-state index is -1.02. The molecule has 23 heavy (non-hydrogen) atoms. The summed E-state index contributed by atoms with van der Waals surface area (Å²) in [6.45, 7) is 0.253. The van der Waals surface area contributed by atoms with Crippen molar-refractivity contribution in [1.82, 2.24) is 0 Å². The summed E-state index contributed by atoms with van der Waals surface area (Å²) >= 11 is 0. The second-order valence-electron chi connectivity index (χ2n) is 5.52. The van der Waals surface area contributed by atoms with Crippen LogP contribution in [-0.4, -0.2) is 38.3 Å². The molecule has 0 aliphatic carbocycles. The van der Waals surface area contributed by atoms with E-state index in [1.165, 1.54) is 20.3 Å². The molecule has 120 valence electrons. The number of amides is 1. The summed E-state index contributed by atoms with van der Waals surface area (Å²) in [5.74, 6) is -0.276. The van der Waals surface area contributed by atoms with E-state index in [0.717, 1.165) is 0 Å². The van der Waals surface area contributed by atoms with Crippen LogP contribution in [0.25, 0.3) is 10.8 Å². The summed E-state index contributed by atoms with van der Waals surface area (Å²) in [6.07, 6.45) is 0. The van der Waals surface area contributed by atoms with Gasteiger partial charge in [0.25, 0.3) is 5.69 Å². The smallest absolute Gasteiger partial charge is 0.279 e. The second-order valence-corrected chi connectivity index (χ2v) is 5.52. The molecule has 2 aromatic rings. The largest absolute Gasteiger partial charge is 0.383 e. The van der Waals surface area contributed by atoms with E-state index in [-0.39, 0.29) is 24.8 Å². The van der Waals surface area contributed by atoms with Crippen LogP contribution < -0.4 is 5.32 Å². The van der Waals surface area contributed by atoms with E-state index in [0.29, 0.717) is 22.0 Å². The normalized spacial score (nSPS) is 15.5. The van der Waals surface area contributed by atoms with Gasteiger partial charge in [0.1, 0.15) is 5.41 Å². The van der Waals surface area contributed by atoms with Gasteiger partial charge in [-0.05, 0) is 11.5 Å². The fraction of sp³-hybridized carbons (Fsp3) is 0.312. The number of hydrogen-bond acceptors (Lipinski definition) is 5. The zero-order chi connectivity index (χ0) is 16.6. The number of anilines is 1. The standard InChI is InChI=1S/C16H16N2O5/c1-22-8-16(9-23-2)14-11-6-4-3-5-10(11)13(18(20)21)7-12(14)17-15(16)19/h3-7H,8-9H2,1-2H3,(H,17,19). The number of benzene rings is 2. The molecule has 7 heteroatoms. The van der Waals surface area contributed by atoms with Crippen molar-refractivity contribution in [3.63, 3.8) is 0 Å². The molecule has 3 rings (SSSR count). The first-order chi connectivity index (χ1) is 11.0. The van der Waals surface area contributed by atoms with Gasteiger partial charge in [0.05, 0.1) is 29.2 Å². The van der Waals surface area contributed by atoms with Crippen LogP contribution in [0.4, 0.5) is 11.4 Å². The minimum Gasteiger partial charge on any atom is -0.383 e. The molecule has 1 N–H and O–H groups in total. The average molecular weight is 316 g/mol. The Hall–Kier alpha value is -2.51. The van der Waals surface area contributed by atoms with E-state index in [9.17, 15) is 14.9 Å². The Morgan fingerprint density at radius 3 is 2.35 bits per heavy atom. The number of nitrogens with one attached hydrogen (secondary N) is 1. The number of nitro benzene ring substituents is 1. The van der Waals surface area contributed by atoms with E-state index in [1.54, 1.807) is 24.3 Å². The molecule has 0 aromatic heterocycles. The monoisotopic (exact) mass is 316 g/mol. The van der Waals surface area contributed by atoms with Gasteiger partial charge in [-0.2, -0.15) is 0 Å². The van der Waals surface area contributed by atoms with Crippen molar-refractivity contribution < 1.29 is 19.2 Å². The van der Waals surface area contributed by atoms with Gasteiger partial charge in [-0.25, -0.2) is 0 Å². The Morgan fingerprint density at radius 2 is 1.78 bits per heavy atom. The van der Waals surface area contributed by atoms with E-state index in [1.807, 2.05) is 0 Å². The zero-order valence-electron chi connectivity index (χ0n) is 12.8. The fourth-order valence-corrected chi connectivity index (χ4v) is 3.29. The van der Waals surface area contributed by atoms with E-state index in [4.69, 9.17) is 9.47 Å². The van der Waals surface area contributed by atoms with E-state index < -0.39 is 10.3 Å². The maximum absolute atomic E-state index is 12.6. The Labute approximate surface area is 132 Å². The molecule has 1 aliphatic rings. The highest BCUT2D eigenvalue weighted by molar-refractivity contribution is 6.13. The molecule has 1 amide bonds. The lowest BCUT2D eigenvalue weighted by Crippen LogP contribution is -2.43. The summed E-state index contributed by atoms with van der Waals surface area (Å²) in [5, 5.41) is 15.2. The number of non-ortho nitro benzene ring substituents is 1. The number of hydrogen-bond donors (Lipinski definition) is 1. The van der Waals surface area contributed by atoms with Crippen LogP contribution >= 0.6 is 0 Å². The highest BCUT2D eigenvalue weighted by Gasteiger charge is 2.49. The Bertz CT molecular complexity index is 796. The van der Waals surface area contributed by atoms with E-state index in [2.05, 4.69) is 5.32 Å². The molecule has 1 aliphatic heterocycles. The Morgan fingerprint density at radius 1 is 1.17 bits per heavy atom. The van der Waals surface area contributed by atoms with Gasteiger partial charge in [0, 0.05) is 25.8 Å². The van der Waals surface area contributed by atoms with Gasteiger partial charge in [0.15, 0.2) is 0 Å². The maximum Gasteiger partial charge on any atom is 0.279 e. The Balaban J connectivity index is 2.38. The molecule has 1 heterocycles. The summed E-state index contributed by atoms with van der Waals surface area (Å²) in [7, 11) is 3.02. The topological polar surface area (TPSA) is 90.7 Å². The molecule has 0 fully saturated rings. The lowest BCUT2D eigenvalue weighted by molar-refractivity contribution is -0.383. The first-order valence-corrected chi connectivity index (χ1v) is 7.05. The first-order valence-electron chi connectivity index (χ1n) is 7.05. The van der Waals surface area contributed by atoms with Gasteiger partial charge in [0.2, 0.25) is 5.91 Å². The van der Waals surface area contributed by atoms with Crippen LogP contribution in [0.15, 0.2) is 30.3 Å². The molecule has 0 bridgehead atoms. The molecule has 0 saturated heterocycles. The number of methoxy groups -OCH3 is 2. The van der Waals surface area contributed by atoms with Gasteiger partial charge in [-0.15, -0.1) is 0 Å². The van der Waals surface area contributed by atoms with Crippen LogP contribution in [0, 0.1) is 10.1 Å². The van der Waals surface area contributed by atoms with Crippen molar-refractivity contribution in [2.75, 3.05) is 32.8 Å². The van der Waals surface area contributed by atoms with Gasteiger partial charge in [-0.3, -0.25) is 14.9 Å². The average Bonchev–Trinajstić information content (AvgIpc) is 2.79. The molecule has 0 unspecified atom stereocenters. The van der Waals surface area contributed by atoms with Gasteiger partial charge < -0.3 is 14.8 Å². The molecule has 7 nitrogen and oxygen atoms in total. The lowest BCUT2D eigenvalue weighted by atomic mass is 9.80. The highest BCUT2D eigenvalue weighted by atomic mass is 16.6. The predicted molar refractivity (Wildman–Crippen MR) is 84.7 cm³/mol. The number of nitrogens with zero attached hydrogens (tertiary/aromatic N) is 1. The SMILES string of the molecule is COCC1(COC)C(=O)Nc2cc([N+](=O)[O-])c3ccccc3c21. The molecular formula is C16H16N2O5. The lowest BCUT2D eigenvalue weighted by Gasteiger charge is -2.26. The van der Waals surface area contributed by atoms with Crippen LogP contribution in [0.1, 0.15) is 5.56 Å². The number of nitro groups is 1. The van der Waals surface area contributed by atoms with Crippen molar-refractivity contribution >= 4 is 28.1 Å². The van der Waals surface area contributed by atoms with Gasteiger partial charge >= 0.3 is 0 Å². The molecule has 0 radical (unpaired) electrons. The molecule has 2 aromatic carbocycles. The molecule has 0 saturated carbocycles. The maximum atomic E-state index is 12.6. The zero-order valence-corrected chi connectivity index (χ0v) is 12.8. The van der Waals surface area contributed by atoms with Crippen molar-refractivity contribution in [1.29, 1.82) is 0 Å². The van der Waals surface area contributed by atoms with Crippen LogP contribution in [-0.2, 0) is 19.7 Å². The number of carbonyl (C=O) groups is 1. The second kappa shape index (κ2) is 5.60. The summed E-state index contributed by atoms with van der Waals surface area (Å²) < 4.78 is 10.5. The highest BCUT2D eigenvalue weighted by Crippen LogP contribution is 2.46. The first kappa shape index (κ1) is 15.4. The number of ether oxygens (including phenoxy) is 2. The predicted octanol–water partition coefficient (Wildman–Crippen LogP) is 2.23. The van der Waals surface area contributed by atoms with Crippen molar-refractivity contribution in [2.24, 2.45) is 0 Å². The fourth-order valence-electron chi connectivity index (χ4n) is 3.29. The Kier molecular flexibility index (Phi) is 3.75. The summed E-state index contributed by atoms with van der Waals surface area (Å²) in [5.41, 5.74) is 0.0697. The summed E-state index contributed by atoms with van der Waals surface area (Å²) in [6, 6.07) is 8.39. The van der Waals surface area contributed by atoms with Crippen LogP contribution in [0.3, 0.4) is 0 Å². The van der Waals surface area contributed by atoms with Crippen LogP contribution in [0.2, 0.25) is 0 Å². The quantitative estimate of drug-likeness (QED) is 0.674. The van der Waals surface area contributed by atoms with Gasteiger partial charge in [-0.1, -0.05) is 18.2 Å².